The van der Waals surface area contributed by atoms with Gasteiger partial charge < -0.3 is 5.11 Å². The maximum atomic E-state index is 10.2. The Hall–Kier alpha value is -0.0800. The van der Waals surface area contributed by atoms with Gasteiger partial charge in [-0.2, -0.15) is 0 Å². The monoisotopic (exact) mass is 353 g/mol. The summed E-state index contributed by atoms with van der Waals surface area (Å²) in [5, 5.41) is 13.6. The van der Waals surface area contributed by atoms with Gasteiger partial charge in [0.1, 0.15) is 5.72 Å². The van der Waals surface area contributed by atoms with Crippen molar-refractivity contribution in [3.8, 4) is 0 Å². The Morgan fingerprint density at radius 2 is 0.960 bits per heavy atom. The number of unbranched alkanes of at least 4 members (excludes halogenated alkanes) is 15. The smallest absolute Gasteiger partial charge is 0.116 e. The van der Waals surface area contributed by atoms with E-state index in [1.807, 2.05) is 0 Å². The summed E-state index contributed by atoms with van der Waals surface area (Å²) in [4.78, 5) is 0. The molecular weight excluding hydrogens is 306 g/mol. The van der Waals surface area contributed by atoms with E-state index in [0.29, 0.717) is 0 Å². The number of rotatable bonds is 18. The van der Waals surface area contributed by atoms with E-state index in [1.165, 1.54) is 116 Å². The fourth-order valence-electron chi connectivity index (χ4n) is 4.13. The van der Waals surface area contributed by atoms with Crippen molar-refractivity contribution >= 4 is 0 Å². The third-order valence-electron chi connectivity index (χ3n) is 5.92. The third-order valence-corrected chi connectivity index (χ3v) is 5.92. The molecule has 0 heterocycles. The molecule has 150 valence electrons. The van der Waals surface area contributed by atoms with Crippen LogP contribution in [0.4, 0.5) is 0 Å². The lowest BCUT2D eigenvalue weighted by Crippen LogP contribution is -2.42. The van der Waals surface area contributed by atoms with Gasteiger partial charge in [0.25, 0.3) is 0 Å². The van der Waals surface area contributed by atoms with Crippen LogP contribution in [0, 0.1) is 0 Å². The Kier molecular flexibility index (Phi) is 14.8. The van der Waals surface area contributed by atoms with Gasteiger partial charge in [-0.25, -0.2) is 0 Å². The normalized spacial score (nSPS) is 16.6. The molecule has 0 atom stereocenters. The first kappa shape index (κ1) is 23.0. The van der Waals surface area contributed by atoms with Crippen LogP contribution in [0.15, 0.2) is 0 Å². The van der Waals surface area contributed by atoms with E-state index in [4.69, 9.17) is 0 Å². The van der Waals surface area contributed by atoms with Gasteiger partial charge in [0.2, 0.25) is 0 Å². The lowest BCUT2D eigenvalue weighted by Gasteiger charge is -2.23. The summed E-state index contributed by atoms with van der Waals surface area (Å²) in [6, 6.07) is 0. The van der Waals surface area contributed by atoms with E-state index >= 15 is 0 Å². The predicted molar refractivity (Wildman–Crippen MR) is 111 cm³/mol. The lowest BCUT2D eigenvalue weighted by molar-refractivity contribution is 0.0123. The second-order valence-corrected chi connectivity index (χ2v) is 8.47. The molecule has 1 saturated carbocycles. The SMILES string of the molecule is CCCCCCCCCCCCCCCCCCNC1(O)CCCC1. The summed E-state index contributed by atoms with van der Waals surface area (Å²) in [5.41, 5.74) is -0.518. The highest BCUT2D eigenvalue weighted by atomic mass is 16.3. The van der Waals surface area contributed by atoms with Gasteiger partial charge in [-0.3, -0.25) is 5.32 Å². The van der Waals surface area contributed by atoms with E-state index in [1.54, 1.807) is 0 Å². The molecule has 25 heavy (non-hydrogen) atoms. The number of nitrogens with one attached hydrogen (secondary N) is 1. The van der Waals surface area contributed by atoms with E-state index in [0.717, 1.165) is 19.4 Å². The fourth-order valence-corrected chi connectivity index (χ4v) is 4.13. The quantitative estimate of drug-likeness (QED) is 0.203. The van der Waals surface area contributed by atoms with Gasteiger partial charge in [-0.05, 0) is 38.6 Å². The fraction of sp³-hybridized carbons (Fsp3) is 1.00. The van der Waals surface area contributed by atoms with Gasteiger partial charge in [-0.15, -0.1) is 0 Å². The second-order valence-electron chi connectivity index (χ2n) is 8.47. The minimum atomic E-state index is -0.518. The molecule has 2 heteroatoms. The summed E-state index contributed by atoms with van der Waals surface area (Å²) in [6.07, 6.45) is 26.9. The first-order chi connectivity index (χ1) is 12.3. The van der Waals surface area contributed by atoms with Crippen LogP contribution in [0.5, 0.6) is 0 Å². The third kappa shape index (κ3) is 13.7. The average Bonchev–Trinajstić information content (AvgIpc) is 3.04. The molecule has 1 rings (SSSR count). The maximum absolute atomic E-state index is 10.2. The van der Waals surface area contributed by atoms with Crippen molar-refractivity contribution in [2.24, 2.45) is 0 Å². The highest BCUT2D eigenvalue weighted by Gasteiger charge is 2.29. The van der Waals surface area contributed by atoms with Crippen molar-refractivity contribution in [1.82, 2.24) is 5.32 Å². The van der Waals surface area contributed by atoms with Crippen LogP contribution >= 0.6 is 0 Å². The average molecular weight is 354 g/mol. The molecule has 1 aliphatic carbocycles. The van der Waals surface area contributed by atoms with Crippen LogP contribution < -0.4 is 5.32 Å². The van der Waals surface area contributed by atoms with E-state index in [2.05, 4.69) is 12.2 Å². The highest BCUT2D eigenvalue weighted by Crippen LogP contribution is 2.26. The number of aliphatic hydroxyl groups is 1. The Balaban J connectivity index is 1.68. The zero-order valence-corrected chi connectivity index (χ0v) is 17.3. The van der Waals surface area contributed by atoms with Crippen molar-refractivity contribution in [1.29, 1.82) is 0 Å². The molecule has 1 fully saturated rings. The zero-order chi connectivity index (χ0) is 18.1. The molecule has 0 aromatic heterocycles. The van der Waals surface area contributed by atoms with Crippen LogP contribution in [-0.2, 0) is 0 Å². The largest absolute Gasteiger partial charge is 0.376 e. The highest BCUT2D eigenvalue weighted by molar-refractivity contribution is 4.81. The molecule has 0 aliphatic heterocycles. The summed E-state index contributed by atoms with van der Waals surface area (Å²) < 4.78 is 0. The molecule has 0 amide bonds. The molecular formula is C23H47NO. The summed E-state index contributed by atoms with van der Waals surface area (Å²) in [5.74, 6) is 0. The van der Waals surface area contributed by atoms with Crippen LogP contribution in [0.1, 0.15) is 135 Å². The minimum Gasteiger partial charge on any atom is -0.376 e. The van der Waals surface area contributed by atoms with E-state index in [-0.39, 0.29) is 0 Å². The van der Waals surface area contributed by atoms with Crippen molar-refractivity contribution in [2.45, 2.75) is 141 Å². The summed E-state index contributed by atoms with van der Waals surface area (Å²) >= 11 is 0. The molecule has 0 unspecified atom stereocenters. The van der Waals surface area contributed by atoms with Gasteiger partial charge >= 0.3 is 0 Å². The Morgan fingerprint density at radius 1 is 0.600 bits per heavy atom. The molecule has 0 spiro atoms. The van der Waals surface area contributed by atoms with Crippen molar-refractivity contribution in [3.63, 3.8) is 0 Å². The van der Waals surface area contributed by atoms with Crippen LogP contribution in [0.25, 0.3) is 0 Å². The van der Waals surface area contributed by atoms with Gasteiger partial charge in [0.15, 0.2) is 0 Å². The number of hydrogen-bond donors (Lipinski definition) is 2. The number of hydrogen-bond acceptors (Lipinski definition) is 2. The Bertz CT molecular complexity index is 273. The zero-order valence-electron chi connectivity index (χ0n) is 17.3. The minimum absolute atomic E-state index is 0.518. The maximum Gasteiger partial charge on any atom is 0.116 e. The Labute approximate surface area is 158 Å². The van der Waals surface area contributed by atoms with Crippen LogP contribution in [0.3, 0.4) is 0 Å². The molecule has 0 aromatic carbocycles. The molecule has 0 radical (unpaired) electrons. The van der Waals surface area contributed by atoms with Crippen molar-refractivity contribution in [3.05, 3.63) is 0 Å². The summed E-state index contributed by atoms with van der Waals surface area (Å²) in [7, 11) is 0. The molecule has 1 aliphatic rings. The van der Waals surface area contributed by atoms with Gasteiger partial charge in [-0.1, -0.05) is 103 Å². The van der Waals surface area contributed by atoms with Crippen molar-refractivity contribution in [2.75, 3.05) is 6.54 Å². The standard InChI is InChI=1S/C23H47NO/c1-2-3-4-5-6-7-8-9-10-11-12-13-14-15-16-19-22-24-23(25)20-17-18-21-23/h24-25H,2-22H2,1H3. The topological polar surface area (TPSA) is 32.3 Å². The van der Waals surface area contributed by atoms with Gasteiger partial charge in [0.05, 0.1) is 0 Å². The van der Waals surface area contributed by atoms with Gasteiger partial charge in [0, 0.05) is 0 Å². The van der Waals surface area contributed by atoms with Crippen LogP contribution in [-0.4, -0.2) is 17.4 Å². The molecule has 2 N–H and O–H groups in total. The predicted octanol–water partition coefficient (Wildman–Crippen LogP) is 7.10. The molecule has 2 nitrogen and oxygen atoms in total. The van der Waals surface area contributed by atoms with E-state index < -0.39 is 5.72 Å². The first-order valence-electron chi connectivity index (χ1n) is 11.7. The lowest BCUT2D eigenvalue weighted by atomic mass is 10.0. The van der Waals surface area contributed by atoms with E-state index in [9.17, 15) is 5.11 Å². The molecule has 0 saturated heterocycles. The van der Waals surface area contributed by atoms with Crippen LogP contribution in [0.2, 0.25) is 0 Å². The second kappa shape index (κ2) is 16.1. The summed E-state index contributed by atoms with van der Waals surface area (Å²) in [6.45, 7) is 3.29. The molecule has 0 bridgehead atoms. The Morgan fingerprint density at radius 3 is 1.36 bits per heavy atom. The first-order valence-corrected chi connectivity index (χ1v) is 11.7. The molecule has 0 aromatic rings. The van der Waals surface area contributed by atoms with Crippen molar-refractivity contribution < 1.29 is 5.11 Å².